The number of fused-ring (bicyclic) bond motifs is 7. The molecule has 1 unspecified atom stereocenters. The van der Waals surface area contributed by atoms with Crippen LogP contribution in [0.1, 0.15) is 23.6 Å². The molecule has 0 saturated heterocycles. The van der Waals surface area contributed by atoms with E-state index in [-0.39, 0.29) is 0 Å². The SMILES string of the molecule is CC1(c2ccccc2)C(c2ccccc2)=Nc2cc3c4ccccc4n(-c4ccc(-c5cccc6c5sc5ccccc56)cc4)c3cc21. The molecule has 0 radical (unpaired) electrons. The Morgan fingerprint density at radius 1 is 0.542 bits per heavy atom. The minimum atomic E-state index is -0.403. The third-order valence-electron chi connectivity index (χ3n) is 10.3. The molecule has 3 heteroatoms. The molecule has 226 valence electrons. The summed E-state index contributed by atoms with van der Waals surface area (Å²) in [6.07, 6.45) is 0. The van der Waals surface area contributed by atoms with Crippen molar-refractivity contribution in [2.45, 2.75) is 12.3 Å². The fourth-order valence-electron chi connectivity index (χ4n) is 7.91. The van der Waals surface area contributed by atoms with Crippen LogP contribution in [-0.4, -0.2) is 10.3 Å². The molecule has 7 aromatic carbocycles. The Morgan fingerprint density at radius 2 is 1.23 bits per heavy atom. The second kappa shape index (κ2) is 10.4. The summed E-state index contributed by atoms with van der Waals surface area (Å²) in [6.45, 7) is 2.34. The van der Waals surface area contributed by atoms with Crippen LogP contribution in [0.2, 0.25) is 0 Å². The zero-order valence-corrected chi connectivity index (χ0v) is 27.2. The van der Waals surface area contributed by atoms with E-state index in [1.807, 2.05) is 11.3 Å². The van der Waals surface area contributed by atoms with Crippen molar-refractivity contribution in [3.8, 4) is 16.8 Å². The van der Waals surface area contributed by atoms with Crippen molar-refractivity contribution in [2.24, 2.45) is 4.99 Å². The summed E-state index contributed by atoms with van der Waals surface area (Å²) in [5.41, 5.74) is 11.4. The number of nitrogens with zero attached hydrogens (tertiary/aromatic N) is 2. The van der Waals surface area contributed by atoms with Gasteiger partial charge in [-0.1, -0.05) is 127 Å². The first-order valence-electron chi connectivity index (χ1n) is 16.5. The molecule has 0 aliphatic carbocycles. The van der Waals surface area contributed by atoms with Crippen LogP contribution in [0.5, 0.6) is 0 Å². The lowest BCUT2D eigenvalue weighted by molar-refractivity contribution is 0.794. The molecule has 0 spiro atoms. The van der Waals surface area contributed by atoms with Crippen LogP contribution in [0.3, 0.4) is 0 Å². The third kappa shape index (κ3) is 3.89. The van der Waals surface area contributed by atoms with Gasteiger partial charge in [0.05, 0.1) is 27.8 Å². The van der Waals surface area contributed by atoms with Gasteiger partial charge in [0.2, 0.25) is 0 Å². The Labute approximate surface area is 282 Å². The molecule has 0 bridgehead atoms. The van der Waals surface area contributed by atoms with E-state index in [2.05, 4.69) is 175 Å². The molecule has 1 atom stereocenters. The maximum atomic E-state index is 5.38. The van der Waals surface area contributed by atoms with Gasteiger partial charge in [-0.15, -0.1) is 11.3 Å². The minimum absolute atomic E-state index is 0.403. The zero-order valence-electron chi connectivity index (χ0n) is 26.4. The van der Waals surface area contributed by atoms with Gasteiger partial charge in [0, 0.05) is 36.6 Å². The molecule has 1 aliphatic heterocycles. The lowest BCUT2D eigenvalue weighted by atomic mass is 9.71. The summed E-state index contributed by atoms with van der Waals surface area (Å²) < 4.78 is 5.10. The molecule has 2 nitrogen and oxygen atoms in total. The van der Waals surface area contributed by atoms with Gasteiger partial charge in [-0.25, -0.2) is 0 Å². The van der Waals surface area contributed by atoms with E-state index in [1.54, 1.807) is 0 Å². The average molecular weight is 631 g/mol. The Balaban J connectivity index is 1.17. The van der Waals surface area contributed by atoms with E-state index >= 15 is 0 Å². The van der Waals surface area contributed by atoms with E-state index in [0.717, 1.165) is 22.6 Å². The molecule has 9 aromatic rings. The molecular weight excluding hydrogens is 601 g/mol. The van der Waals surface area contributed by atoms with Gasteiger partial charge in [-0.3, -0.25) is 4.99 Å². The fraction of sp³-hybridized carbons (Fsp3) is 0.0444. The smallest absolute Gasteiger partial charge is 0.0686 e. The van der Waals surface area contributed by atoms with Crippen LogP contribution in [0.25, 0.3) is 58.8 Å². The number of hydrogen-bond donors (Lipinski definition) is 0. The van der Waals surface area contributed by atoms with Crippen LogP contribution in [0.4, 0.5) is 5.69 Å². The molecule has 2 aromatic heterocycles. The van der Waals surface area contributed by atoms with Crippen molar-refractivity contribution < 1.29 is 0 Å². The quantitative estimate of drug-likeness (QED) is 0.184. The van der Waals surface area contributed by atoms with E-state index in [9.17, 15) is 0 Å². The van der Waals surface area contributed by atoms with Crippen LogP contribution < -0.4 is 0 Å². The van der Waals surface area contributed by atoms with E-state index in [1.165, 1.54) is 64.2 Å². The van der Waals surface area contributed by atoms with Gasteiger partial charge in [0.25, 0.3) is 0 Å². The number of benzene rings is 7. The second-order valence-electron chi connectivity index (χ2n) is 12.9. The van der Waals surface area contributed by atoms with Gasteiger partial charge < -0.3 is 4.57 Å². The number of aliphatic imine (C=N–C) groups is 1. The summed E-state index contributed by atoms with van der Waals surface area (Å²) in [6, 6.07) is 59.5. The first-order chi connectivity index (χ1) is 23.7. The summed E-state index contributed by atoms with van der Waals surface area (Å²) in [7, 11) is 0. The fourth-order valence-corrected chi connectivity index (χ4v) is 9.15. The van der Waals surface area contributed by atoms with Crippen LogP contribution in [0, 0.1) is 0 Å². The lowest BCUT2D eigenvalue weighted by Crippen LogP contribution is -2.31. The molecule has 48 heavy (non-hydrogen) atoms. The van der Waals surface area contributed by atoms with Crippen LogP contribution in [-0.2, 0) is 5.41 Å². The predicted octanol–water partition coefficient (Wildman–Crippen LogP) is 12.3. The number of aromatic nitrogens is 1. The first-order valence-corrected chi connectivity index (χ1v) is 17.3. The normalized spacial score (nSPS) is 15.8. The highest BCUT2D eigenvalue weighted by atomic mass is 32.1. The summed E-state index contributed by atoms with van der Waals surface area (Å²) in [5, 5.41) is 5.11. The van der Waals surface area contributed by atoms with E-state index in [0.29, 0.717) is 0 Å². The maximum absolute atomic E-state index is 5.38. The molecule has 0 fully saturated rings. The van der Waals surface area contributed by atoms with E-state index < -0.39 is 5.41 Å². The summed E-state index contributed by atoms with van der Waals surface area (Å²) in [4.78, 5) is 5.38. The Hall–Kier alpha value is -5.77. The topological polar surface area (TPSA) is 17.3 Å². The standard InChI is InChI=1S/C45H30N2S/c1-45(31-15-6-3-7-16-31)38-28-41-37(27-39(38)46-44(45)30-13-4-2-5-14-30)34-17-8-10-21-40(34)47(41)32-25-23-29(24-26-32)33-19-12-20-36-35-18-9-11-22-42(35)48-43(33)36/h2-28H,1H3. The number of para-hydroxylation sites is 1. The molecular formula is C45H30N2S. The Morgan fingerprint density at radius 3 is 2.04 bits per heavy atom. The van der Waals surface area contributed by atoms with Gasteiger partial charge in [-0.2, -0.15) is 0 Å². The molecule has 0 saturated carbocycles. The number of rotatable bonds is 4. The van der Waals surface area contributed by atoms with Crippen LogP contribution in [0.15, 0.2) is 169 Å². The Kier molecular flexibility index (Phi) is 5.91. The highest BCUT2D eigenvalue weighted by Crippen LogP contribution is 2.49. The van der Waals surface area contributed by atoms with Gasteiger partial charge in [-0.05, 0) is 71.1 Å². The van der Waals surface area contributed by atoms with Gasteiger partial charge >= 0.3 is 0 Å². The summed E-state index contributed by atoms with van der Waals surface area (Å²) >= 11 is 1.88. The summed E-state index contributed by atoms with van der Waals surface area (Å²) in [5.74, 6) is 0. The van der Waals surface area contributed by atoms with E-state index in [4.69, 9.17) is 4.99 Å². The maximum Gasteiger partial charge on any atom is 0.0686 e. The minimum Gasteiger partial charge on any atom is -0.309 e. The van der Waals surface area contributed by atoms with Crippen LogP contribution >= 0.6 is 11.3 Å². The van der Waals surface area contributed by atoms with Crippen molar-refractivity contribution >= 4 is 64.7 Å². The molecule has 3 heterocycles. The second-order valence-corrected chi connectivity index (χ2v) is 13.9. The lowest BCUT2D eigenvalue weighted by Gasteiger charge is -2.29. The van der Waals surface area contributed by atoms with Crippen molar-refractivity contribution in [1.29, 1.82) is 0 Å². The first kappa shape index (κ1) is 27.4. The van der Waals surface area contributed by atoms with Crippen molar-refractivity contribution in [3.63, 3.8) is 0 Å². The molecule has 0 N–H and O–H groups in total. The van der Waals surface area contributed by atoms with Crippen molar-refractivity contribution in [1.82, 2.24) is 4.57 Å². The molecule has 10 rings (SSSR count). The predicted molar refractivity (Wildman–Crippen MR) is 205 cm³/mol. The van der Waals surface area contributed by atoms with Gasteiger partial charge in [0.1, 0.15) is 0 Å². The number of thiophene rings is 1. The van der Waals surface area contributed by atoms with Crippen molar-refractivity contribution in [2.75, 3.05) is 0 Å². The zero-order chi connectivity index (χ0) is 31.8. The third-order valence-corrected chi connectivity index (χ3v) is 11.5. The highest BCUT2D eigenvalue weighted by molar-refractivity contribution is 7.26. The number of hydrogen-bond acceptors (Lipinski definition) is 2. The monoisotopic (exact) mass is 630 g/mol. The Bertz CT molecular complexity index is 2720. The van der Waals surface area contributed by atoms with Gasteiger partial charge in [0.15, 0.2) is 0 Å². The highest BCUT2D eigenvalue weighted by Gasteiger charge is 2.42. The molecule has 1 aliphatic rings. The van der Waals surface area contributed by atoms with Crippen molar-refractivity contribution in [3.05, 3.63) is 180 Å². The molecule has 0 amide bonds. The largest absolute Gasteiger partial charge is 0.309 e. The average Bonchev–Trinajstić information content (AvgIpc) is 3.79.